The highest BCUT2D eigenvalue weighted by molar-refractivity contribution is 5.94. The molecule has 0 bridgehead atoms. The van der Waals surface area contributed by atoms with Crippen LogP contribution in [0.25, 0.3) is 0 Å². The summed E-state index contributed by atoms with van der Waals surface area (Å²) < 4.78 is 18.4. The van der Waals surface area contributed by atoms with Gasteiger partial charge >= 0.3 is 0 Å². The largest absolute Gasteiger partial charge is 0.481 e. The lowest BCUT2D eigenvalue weighted by molar-refractivity contribution is -0.122. The minimum atomic E-state index is -0.672. The number of nitrogens with zero attached hydrogens (tertiary/aromatic N) is 1. The molecule has 24 heavy (non-hydrogen) atoms. The number of benzene rings is 2. The van der Waals surface area contributed by atoms with E-state index in [0.29, 0.717) is 5.75 Å². The zero-order valence-corrected chi connectivity index (χ0v) is 13.7. The fourth-order valence-electron chi connectivity index (χ4n) is 2.75. The fourth-order valence-corrected chi connectivity index (χ4v) is 2.75. The number of hydrogen-bond donors (Lipinski definition) is 1. The third kappa shape index (κ3) is 4.04. The van der Waals surface area contributed by atoms with Crippen molar-refractivity contribution in [1.82, 2.24) is 0 Å². The number of hydrogen-bond acceptors (Lipinski definition) is 3. The number of halogens is 1. The second kappa shape index (κ2) is 7.34. The number of anilines is 2. The van der Waals surface area contributed by atoms with E-state index in [0.717, 1.165) is 18.8 Å². The molecule has 1 heterocycles. The molecule has 2 aromatic carbocycles. The zero-order chi connectivity index (χ0) is 16.9. The van der Waals surface area contributed by atoms with Gasteiger partial charge in [-0.1, -0.05) is 0 Å². The molecule has 1 aliphatic heterocycles. The van der Waals surface area contributed by atoms with Gasteiger partial charge in [0.1, 0.15) is 11.6 Å². The summed E-state index contributed by atoms with van der Waals surface area (Å²) in [6.45, 7) is 3.85. The Morgan fingerprint density at radius 3 is 2.33 bits per heavy atom. The van der Waals surface area contributed by atoms with E-state index in [1.54, 1.807) is 6.92 Å². The summed E-state index contributed by atoms with van der Waals surface area (Å²) in [5, 5.41) is 2.83. The third-order valence-corrected chi connectivity index (χ3v) is 4.10. The first-order valence-electron chi connectivity index (χ1n) is 8.20. The van der Waals surface area contributed by atoms with Crippen molar-refractivity contribution in [2.75, 3.05) is 23.3 Å². The molecule has 0 aromatic heterocycles. The highest BCUT2D eigenvalue weighted by Gasteiger charge is 2.16. The topological polar surface area (TPSA) is 41.6 Å². The fraction of sp³-hybridized carbons (Fsp3) is 0.316. The summed E-state index contributed by atoms with van der Waals surface area (Å²) in [6.07, 6.45) is 1.79. The molecule has 1 amide bonds. The van der Waals surface area contributed by atoms with Crippen LogP contribution in [-0.4, -0.2) is 25.1 Å². The molecule has 0 aliphatic carbocycles. The molecule has 5 heteroatoms. The molecule has 0 spiro atoms. The standard InChI is InChI=1S/C19H21FN2O2/c1-14(24-18-10-4-15(20)5-11-18)19(23)21-16-6-8-17(9-7-16)22-12-2-3-13-22/h4-11,14H,2-3,12-13H2,1H3,(H,21,23)/t14-/m0/s1. The lowest BCUT2D eigenvalue weighted by atomic mass is 10.2. The van der Waals surface area contributed by atoms with Crippen LogP contribution in [0.1, 0.15) is 19.8 Å². The minimum absolute atomic E-state index is 0.242. The molecule has 1 atom stereocenters. The van der Waals surface area contributed by atoms with Gasteiger partial charge in [-0.15, -0.1) is 0 Å². The van der Waals surface area contributed by atoms with Crippen molar-refractivity contribution in [3.05, 3.63) is 54.3 Å². The van der Waals surface area contributed by atoms with E-state index >= 15 is 0 Å². The lowest BCUT2D eigenvalue weighted by Crippen LogP contribution is -2.30. The summed E-state index contributed by atoms with van der Waals surface area (Å²) >= 11 is 0. The highest BCUT2D eigenvalue weighted by Crippen LogP contribution is 2.22. The molecule has 0 saturated carbocycles. The van der Waals surface area contributed by atoms with E-state index in [1.807, 2.05) is 24.3 Å². The van der Waals surface area contributed by atoms with Gasteiger partial charge in [0, 0.05) is 24.5 Å². The number of rotatable bonds is 5. The van der Waals surface area contributed by atoms with Gasteiger partial charge < -0.3 is 15.0 Å². The van der Waals surface area contributed by atoms with E-state index in [-0.39, 0.29) is 11.7 Å². The first kappa shape index (κ1) is 16.3. The molecule has 126 valence electrons. The Hall–Kier alpha value is -2.56. The summed E-state index contributed by atoms with van der Waals surface area (Å²) in [7, 11) is 0. The van der Waals surface area contributed by atoms with Crippen LogP contribution < -0.4 is 15.0 Å². The van der Waals surface area contributed by atoms with Gasteiger partial charge in [0.05, 0.1) is 0 Å². The Labute approximate surface area is 141 Å². The Morgan fingerprint density at radius 2 is 1.71 bits per heavy atom. The van der Waals surface area contributed by atoms with Crippen LogP contribution >= 0.6 is 0 Å². The van der Waals surface area contributed by atoms with Gasteiger partial charge in [-0.3, -0.25) is 4.79 Å². The summed E-state index contributed by atoms with van der Waals surface area (Å²) in [5.41, 5.74) is 1.92. The second-order valence-corrected chi connectivity index (χ2v) is 5.94. The summed E-state index contributed by atoms with van der Waals surface area (Å²) in [6, 6.07) is 13.5. The van der Waals surface area contributed by atoms with Crippen molar-refractivity contribution in [1.29, 1.82) is 0 Å². The van der Waals surface area contributed by atoms with Crippen LogP contribution in [0.15, 0.2) is 48.5 Å². The van der Waals surface area contributed by atoms with Crippen molar-refractivity contribution in [2.45, 2.75) is 25.9 Å². The molecular weight excluding hydrogens is 307 g/mol. The number of carbonyl (C=O) groups excluding carboxylic acids is 1. The van der Waals surface area contributed by atoms with Gasteiger partial charge in [-0.05, 0) is 68.3 Å². The molecule has 1 fully saturated rings. The normalized spacial score (nSPS) is 15.2. The Bertz CT molecular complexity index is 680. The van der Waals surface area contributed by atoms with E-state index in [4.69, 9.17) is 4.74 Å². The molecule has 1 saturated heterocycles. The van der Waals surface area contributed by atoms with Crippen LogP contribution in [0.2, 0.25) is 0 Å². The Kier molecular flexibility index (Phi) is 4.99. The number of ether oxygens (including phenoxy) is 1. The van der Waals surface area contributed by atoms with E-state index in [1.165, 1.54) is 42.8 Å². The maximum atomic E-state index is 12.9. The zero-order valence-electron chi connectivity index (χ0n) is 13.7. The predicted octanol–water partition coefficient (Wildman–Crippen LogP) is 3.83. The van der Waals surface area contributed by atoms with Gasteiger partial charge in [-0.25, -0.2) is 4.39 Å². The van der Waals surface area contributed by atoms with E-state index in [9.17, 15) is 9.18 Å². The van der Waals surface area contributed by atoms with Crippen molar-refractivity contribution in [2.24, 2.45) is 0 Å². The van der Waals surface area contributed by atoms with Crippen molar-refractivity contribution in [3.8, 4) is 5.75 Å². The molecule has 0 unspecified atom stereocenters. The molecule has 1 N–H and O–H groups in total. The van der Waals surface area contributed by atoms with Gasteiger partial charge in [0.25, 0.3) is 5.91 Å². The maximum absolute atomic E-state index is 12.9. The summed E-state index contributed by atoms with van der Waals surface area (Å²) in [4.78, 5) is 14.5. The van der Waals surface area contributed by atoms with Crippen LogP contribution in [0.3, 0.4) is 0 Å². The molecule has 0 radical (unpaired) electrons. The van der Waals surface area contributed by atoms with Crippen LogP contribution in [-0.2, 0) is 4.79 Å². The van der Waals surface area contributed by atoms with Crippen molar-refractivity contribution in [3.63, 3.8) is 0 Å². The SMILES string of the molecule is C[C@H](Oc1ccc(F)cc1)C(=O)Nc1ccc(N2CCCC2)cc1. The minimum Gasteiger partial charge on any atom is -0.481 e. The molecule has 4 nitrogen and oxygen atoms in total. The van der Waals surface area contributed by atoms with E-state index in [2.05, 4.69) is 10.2 Å². The van der Waals surface area contributed by atoms with E-state index < -0.39 is 6.10 Å². The monoisotopic (exact) mass is 328 g/mol. The molecule has 3 rings (SSSR count). The van der Waals surface area contributed by atoms with Crippen LogP contribution in [0.4, 0.5) is 15.8 Å². The second-order valence-electron chi connectivity index (χ2n) is 5.94. The van der Waals surface area contributed by atoms with Crippen molar-refractivity contribution >= 4 is 17.3 Å². The van der Waals surface area contributed by atoms with Gasteiger partial charge in [0.15, 0.2) is 6.10 Å². The first-order chi connectivity index (χ1) is 11.6. The molecular formula is C19H21FN2O2. The van der Waals surface area contributed by atoms with Crippen LogP contribution in [0, 0.1) is 5.82 Å². The smallest absolute Gasteiger partial charge is 0.265 e. The Morgan fingerprint density at radius 1 is 1.08 bits per heavy atom. The van der Waals surface area contributed by atoms with Crippen molar-refractivity contribution < 1.29 is 13.9 Å². The average Bonchev–Trinajstić information content (AvgIpc) is 3.12. The summed E-state index contributed by atoms with van der Waals surface area (Å²) in [5.74, 6) is -0.116. The number of nitrogens with one attached hydrogen (secondary N) is 1. The van der Waals surface area contributed by atoms with Crippen LogP contribution in [0.5, 0.6) is 5.75 Å². The average molecular weight is 328 g/mol. The Balaban J connectivity index is 1.56. The lowest BCUT2D eigenvalue weighted by Gasteiger charge is -2.18. The molecule has 1 aliphatic rings. The molecule has 2 aromatic rings. The highest BCUT2D eigenvalue weighted by atomic mass is 19.1. The number of amides is 1. The predicted molar refractivity (Wildman–Crippen MR) is 93.0 cm³/mol. The van der Waals surface area contributed by atoms with Gasteiger partial charge in [-0.2, -0.15) is 0 Å². The quantitative estimate of drug-likeness (QED) is 0.907. The first-order valence-corrected chi connectivity index (χ1v) is 8.20. The van der Waals surface area contributed by atoms with Gasteiger partial charge in [0.2, 0.25) is 0 Å². The number of carbonyl (C=O) groups is 1. The third-order valence-electron chi connectivity index (χ3n) is 4.10. The maximum Gasteiger partial charge on any atom is 0.265 e.